The molecule has 116 valence electrons. The van der Waals surface area contributed by atoms with Gasteiger partial charge in [-0.25, -0.2) is 0 Å². The molecular formula is C10H9F3N2O6. The molecule has 0 spiro atoms. The molecule has 0 radical (unpaired) electrons. The molecule has 0 unspecified atom stereocenters. The van der Waals surface area contributed by atoms with E-state index in [1.165, 1.54) is 6.92 Å². The van der Waals surface area contributed by atoms with E-state index in [1.54, 1.807) is 0 Å². The fourth-order valence-corrected chi connectivity index (χ4v) is 1.37. The van der Waals surface area contributed by atoms with E-state index in [2.05, 4.69) is 14.5 Å². The van der Waals surface area contributed by atoms with Crippen molar-refractivity contribution in [3.63, 3.8) is 0 Å². The minimum Gasteiger partial charge on any atom is -0.498 e. The van der Waals surface area contributed by atoms with Crippen LogP contribution in [0.15, 0.2) is 6.20 Å². The molecule has 0 saturated carbocycles. The number of hydrogen-bond acceptors (Lipinski definition) is 7. The maximum Gasteiger partial charge on any atom is 0.573 e. The summed E-state index contributed by atoms with van der Waals surface area (Å²) >= 11 is 0. The van der Waals surface area contributed by atoms with Crippen LogP contribution in [0.3, 0.4) is 0 Å². The largest absolute Gasteiger partial charge is 0.573 e. The molecule has 0 bridgehead atoms. The Kier molecular flexibility index (Phi) is 4.89. The zero-order valence-electron chi connectivity index (χ0n) is 10.5. The monoisotopic (exact) mass is 310 g/mol. The van der Waals surface area contributed by atoms with Crippen molar-refractivity contribution in [2.75, 3.05) is 6.61 Å². The van der Waals surface area contributed by atoms with Crippen molar-refractivity contribution in [3.8, 4) is 11.5 Å². The van der Waals surface area contributed by atoms with Crippen LogP contribution in [-0.2, 0) is 16.0 Å². The van der Waals surface area contributed by atoms with Gasteiger partial charge in [0.1, 0.15) is 6.20 Å². The third-order valence-electron chi connectivity index (χ3n) is 2.09. The summed E-state index contributed by atoms with van der Waals surface area (Å²) in [5.41, 5.74) is -0.492. The molecule has 8 nitrogen and oxygen atoms in total. The third-order valence-corrected chi connectivity index (χ3v) is 2.09. The highest BCUT2D eigenvalue weighted by Crippen LogP contribution is 2.40. The lowest BCUT2D eigenvalue weighted by atomic mass is 10.2. The fourth-order valence-electron chi connectivity index (χ4n) is 1.37. The van der Waals surface area contributed by atoms with E-state index in [1.807, 2.05) is 0 Å². The van der Waals surface area contributed by atoms with E-state index >= 15 is 0 Å². The lowest BCUT2D eigenvalue weighted by Crippen LogP contribution is -2.19. The van der Waals surface area contributed by atoms with Gasteiger partial charge < -0.3 is 24.7 Å². The van der Waals surface area contributed by atoms with E-state index in [-0.39, 0.29) is 6.61 Å². The van der Waals surface area contributed by atoms with Gasteiger partial charge in [-0.05, 0) is 16.8 Å². The number of hydrogen-bond donors (Lipinski definition) is 1. The first-order valence-electron chi connectivity index (χ1n) is 5.42. The molecule has 0 aliphatic heterocycles. The van der Waals surface area contributed by atoms with Crippen LogP contribution in [0.4, 0.5) is 19.0 Å². The molecule has 1 aromatic rings. The number of aromatic nitrogens is 1. The standard InChI is InChI=1S/C10H9F3N2O6/c1-2-20-6(16)3-5-4-14-9(15(18)19)7(17)8(5)21-10(11,12)13/h4,17H,2-3H2,1H3. The summed E-state index contributed by atoms with van der Waals surface area (Å²) in [6, 6.07) is 0. The Labute approximate surface area is 115 Å². The number of ether oxygens (including phenoxy) is 2. The van der Waals surface area contributed by atoms with Crippen LogP contribution in [0.1, 0.15) is 12.5 Å². The number of carbonyl (C=O) groups is 1. The predicted molar refractivity (Wildman–Crippen MR) is 59.6 cm³/mol. The van der Waals surface area contributed by atoms with Gasteiger partial charge in [0.05, 0.1) is 18.6 Å². The van der Waals surface area contributed by atoms with E-state index in [0.717, 1.165) is 0 Å². The molecule has 0 amide bonds. The molecule has 1 aromatic heterocycles. The fraction of sp³-hybridized carbons (Fsp3) is 0.400. The Bertz CT molecular complexity index is 560. The smallest absolute Gasteiger partial charge is 0.498 e. The number of rotatable bonds is 5. The Morgan fingerprint density at radius 2 is 2.14 bits per heavy atom. The zero-order chi connectivity index (χ0) is 16.2. The van der Waals surface area contributed by atoms with Crippen LogP contribution in [-0.4, -0.2) is 34.0 Å². The van der Waals surface area contributed by atoms with Crippen molar-refractivity contribution in [2.45, 2.75) is 19.7 Å². The first-order valence-corrected chi connectivity index (χ1v) is 5.42. The second-order valence-corrected chi connectivity index (χ2v) is 3.57. The van der Waals surface area contributed by atoms with Gasteiger partial charge in [0.15, 0.2) is 5.75 Å². The highest BCUT2D eigenvalue weighted by molar-refractivity contribution is 5.74. The Hall–Kier alpha value is -2.59. The van der Waals surface area contributed by atoms with Crippen LogP contribution in [0.25, 0.3) is 0 Å². The molecule has 1 N–H and O–H groups in total. The van der Waals surface area contributed by atoms with E-state index in [0.29, 0.717) is 6.20 Å². The van der Waals surface area contributed by atoms with Crippen molar-refractivity contribution in [2.24, 2.45) is 0 Å². The van der Waals surface area contributed by atoms with E-state index < -0.39 is 46.6 Å². The van der Waals surface area contributed by atoms with Gasteiger partial charge in [0, 0.05) is 0 Å². The minimum atomic E-state index is -5.21. The number of nitrogens with zero attached hydrogens (tertiary/aromatic N) is 2. The Morgan fingerprint density at radius 3 is 2.62 bits per heavy atom. The Balaban J connectivity index is 3.26. The number of esters is 1. The maximum absolute atomic E-state index is 12.3. The topological polar surface area (TPSA) is 112 Å². The van der Waals surface area contributed by atoms with Crippen LogP contribution < -0.4 is 4.74 Å². The van der Waals surface area contributed by atoms with E-state index in [9.17, 15) is 33.2 Å². The summed E-state index contributed by atoms with van der Waals surface area (Å²) in [7, 11) is 0. The van der Waals surface area contributed by atoms with Gasteiger partial charge in [0.2, 0.25) is 0 Å². The SMILES string of the molecule is CCOC(=O)Cc1cnc([N+](=O)[O-])c(O)c1OC(F)(F)F. The van der Waals surface area contributed by atoms with Crippen LogP contribution in [0.5, 0.6) is 11.5 Å². The van der Waals surface area contributed by atoms with Crippen molar-refractivity contribution in [1.29, 1.82) is 0 Å². The number of halogens is 3. The van der Waals surface area contributed by atoms with Crippen LogP contribution >= 0.6 is 0 Å². The molecule has 11 heteroatoms. The number of alkyl halides is 3. The summed E-state index contributed by atoms with van der Waals surface area (Å²) in [5, 5.41) is 20.0. The van der Waals surface area contributed by atoms with Gasteiger partial charge in [0.25, 0.3) is 5.75 Å². The Morgan fingerprint density at radius 1 is 1.52 bits per heavy atom. The molecule has 1 heterocycles. The summed E-state index contributed by atoms with van der Waals surface area (Å²) in [6.07, 6.45) is -5.27. The number of pyridine rings is 1. The summed E-state index contributed by atoms with van der Waals surface area (Å²) < 4.78 is 44.9. The normalized spacial score (nSPS) is 11.0. The minimum absolute atomic E-state index is 0.0132. The summed E-state index contributed by atoms with van der Waals surface area (Å²) in [5.74, 6) is -4.79. The predicted octanol–water partition coefficient (Wildman–Crippen LogP) is 1.70. The molecule has 21 heavy (non-hydrogen) atoms. The second kappa shape index (κ2) is 6.24. The molecule has 0 aliphatic rings. The maximum atomic E-state index is 12.3. The van der Waals surface area contributed by atoms with Gasteiger partial charge in [-0.2, -0.15) is 0 Å². The summed E-state index contributed by atoms with van der Waals surface area (Å²) in [6.45, 7) is 1.47. The van der Waals surface area contributed by atoms with Gasteiger partial charge in [-0.1, -0.05) is 0 Å². The van der Waals surface area contributed by atoms with Gasteiger partial charge >= 0.3 is 18.1 Å². The van der Waals surface area contributed by atoms with Crippen LogP contribution in [0.2, 0.25) is 0 Å². The quantitative estimate of drug-likeness (QED) is 0.500. The van der Waals surface area contributed by atoms with E-state index in [4.69, 9.17) is 0 Å². The second-order valence-electron chi connectivity index (χ2n) is 3.57. The molecule has 0 aliphatic carbocycles. The molecular weight excluding hydrogens is 301 g/mol. The molecule has 0 atom stereocenters. The lowest BCUT2D eigenvalue weighted by Gasteiger charge is -2.13. The average molecular weight is 310 g/mol. The average Bonchev–Trinajstić information content (AvgIpc) is 2.32. The van der Waals surface area contributed by atoms with Crippen molar-refractivity contribution < 1.29 is 37.5 Å². The van der Waals surface area contributed by atoms with Crippen molar-refractivity contribution >= 4 is 11.8 Å². The number of nitro groups is 1. The van der Waals surface area contributed by atoms with Crippen molar-refractivity contribution in [1.82, 2.24) is 4.98 Å². The lowest BCUT2D eigenvalue weighted by molar-refractivity contribution is -0.390. The highest BCUT2D eigenvalue weighted by atomic mass is 19.4. The summed E-state index contributed by atoms with van der Waals surface area (Å²) in [4.78, 5) is 23.8. The number of aromatic hydroxyl groups is 1. The molecule has 0 saturated heterocycles. The number of carbonyl (C=O) groups excluding carboxylic acids is 1. The first kappa shape index (κ1) is 16.5. The molecule has 0 aromatic carbocycles. The third kappa shape index (κ3) is 4.47. The zero-order valence-corrected chi connectivity index (χ0v) is 10.5. The van der Waals surface area contributed by atoms with Gasteiger partial charge in [-0.15, -0.1) is 13.2 Å². The molecule has 1 rings (SSSR count). The van der Waals surface area contributed by atoms with Crippen LogP contribution in [0, 0.1) is 10.1 Å². The van der Waals surface area contributed by atoms with Gasteiger partial charge in [-0.3, -0.25) is 4.79 Å². The highest BCUT2D eigenvalue weighted by Gasteiger charge is 2.36. The van der Waals surface area contributed by atoms with Crippen molar-refractivity contribution in [3.05, 3.63) is 21.9 Å². The molecule has 0 fully saturated rings. The first-order chi connectivity index (χ1) is 9.65.